The van der Waals surface area contributed by atoms with Crippen LogP contribution in [-0.4, -0.2) is 246 Å². The van der Waals surface area contributed by atoms with Gasteiger partial charge in [0.2, 0.25) is 29.5 Å². The third-order valence-corrected chi connectivity index (χ3v) is 20.0. The highest BCUT2D eigenvalue weighted by Crippen LogP contribution is 2.49. The molecule has 1 aromatic heterocycles. The van der Waals surface area contributed by atoms with E-state index >= 15 is 0 Å². The molecule has 5 amide bonds. The fourth-order valence-electron chi connectivity index (χ4n) is 12.9. The number of nitrogens with two attached hydrogens (primary N) is 1. The standard InChI is InChI=1S/C63H97N7O18.C22H31NO6.2H2/c1-44(71)14-12-25-83-28-31-86-40-58(77)67-23-11-9-18-48(35-57(76)63(3,4)38-56(75)53(64)36-49-39-65-43-69-49)55(74)34-47(45(2)72)17-8-10-22-66-59(78)41-88-33-30-85-27-24-68-60(79)42-87-32-29-84-26-13-19-50(73)20-21-54(62(81)82)70-61(80)52-37-51(52)46-15-6-5-7-16-46;1-2-28-12-13-29-11-10-23-21(25)9-8-17(22(26)27)14-20(24)19-15-18(19)16-6-4-3-5-7-16;;/h5-7,15-16,39,43,47-48,51-54H,8-14,17-38,40-42,64H2,1-4H3,(H,65,69)(H,66,78)(H,67,77)(H,68,79)(H,70,80)(H,81,82);3-7,17-19H,2,8-15H2,1H3,(H,23,25)(H,26,27);2*1H/t47-,48-,51?,52?,53+,54+;17-,18?,19?;;/m11../s1. The summed E-state index contributed by atoms with van der Waals surface area (Å²) in [4.78, 5) is 181. The normalized spacial score (nSPS) is 16.0. The molecule has 2 aliphatic carbocycles. The number of ketones is 7. The summed E-state index contributed by atoms with van der Waals surface area (Å²) in [6, 6.07) is 17.4. The second kappa shape index (κ2) is 59.0. The number of carboxylic acid groups (broad SMARTS) is 2. The van der Waals surface area contributed by atoms with E-state index in [4.69, 9.17) is 43.6 Å². The van der Waals surface area contributed by atoms with E-state index in [9.17, 15) is 77.3 Å². The first-order valence-corrected chi connectivity index (χ1v) is 41.1. The van der Waals surface area contributed by atoms with E-state index in [1.54, 1.807) is 20.0 Å². The molecule has 1 heterocycles. The van der Waals surface area contributed by atoms with E-state index in [-0.39, 0.29) is 233 Å². The molecule has 2 aromatic carbocycles. The second-order valence-electron chi connectivity index (χ2n) is 30.3. The molecule has 0 bridgehead atoms. The van der Waals surface area contributed by atoms with Gasteiger partial charge in [-0.1, -0.05) is 87.4 Å². The molecule has 0 saturated heterocycles. The van der Waals surface area contributed by atoms with Crippen molar-refractivity contribution in [1.29, 1.82) is 0 Å². The van der Waals surface area contributed by atoms with Crippen LogP contribution < -0.4 is 32.3 Å². The molecule has 3 aromatic rings. The van der Waals surface area contributed by atoms with Crippen molar-refractivity contribution in [1.82, 2.24) is 36.6 Å². The lowest BCUT2D eigenvalue weighted by atomic mass is 9.75. The number of hydrogen-bond acceptors (Lipinski definition) is 24. The molecule has 10 N–H and O–H groups in total. The molecule has 656 valence electrons. The van der Waals surface area contributed by atoms with Crippen molar-refractivity contribution in [2.24, 2.45) is 40.7 Å². The summed E-state index contributed by atoms with van der Waals surface area (Å²) in [5.41, 5.74) is 7.93. The van der Waals surface area contributed by atoms with Gasteiger partial charge in [-0.25, -0.2) is 9.78 Å². The summed E-state index contributed by atoms with van der Waals surface area (Å²) in [7, 11) is 0. The van der Waals surface area contributed by atoms with Gasteiger partial charge in [0.25, 0.3) is 0 Å². The zero-order valence-electron chi connectivity index (χ0n) is 69.0. The van der Waals surface area contributed by atoms with E-state index in [1.165, 1.54) is 20.2 Å². The third kappa shape index (κ3) is 45.7. The Labute approximate surface area is 689 Å². The molecule has 5 rings (SSSR count). The summed E-state index contributed by atoms with van der Waals surface area (Å²) < 4.78 is 42.9. The quantitative estimate of drug-likeness (QED) is 0.0270. The number of hydrogen-bond donors (Lipinski definition) is 9. The summed E-state index contributed by atoms with van der Waals surface area (Å²) in [6.07, 6.45) is 9.11. The number of imidazole rings is 1. The van der Waals surface area contributed by atoms with Gasteiger partial charge in [0.1, 0.15) is 60.6 Å². The Kier molecular flexibility index (Phi) is 50.8. The summed E-state index contributed by atoms with van der Waals surface area (Å²) >= 11 is 0. The molecule has 9 atom stereocenters. The van der Waals surface area contributed by atoms with Crippen molar-refractivity contribution in [2.45, 2.75) is 193 Å². The number of Topliss-reactive ketones (excluding diaryl/α,β-unsaturated/α-hetero) is 7. The van der Waals surface area contributed by atoms with Crippen LogP contribution in [0.5, 0.6) is 0 Å². The number of amides is 5. The maximum Gasteiger partial charge on any atom is 0.326 e. The molecule has 0 aliphatic heterocycles. The van der Waals surface area contributed by atoms with Gasteiger partial charge < -0.3 is 90.2 Å². The highest BCUT2D eigenvalue weighted by molar-refractivity contribution is 5.96. The van der Waals surface area contributed by atoms with Gasteiger partial charge in [0.05, 0.1) is 84.4 Å². The molecule has 2 fully saturated rings. The lowest BCUT2D eigenvalue weighted by Gasteiger charge is -2.27. The molecule has 117 heavy (non-hydrogen) atoms. The number of benzene rings is 2. The van der Waals surface area contributed by atoms with Crippen LogP contribution in [0.2, 0.25) is 0 Å². The molecular formula is C85H132N8O24. The fourth-order valence-corrected chi connectivity index (χ4v) is 12.9. The summed E-state index contributed by atoms with van der Waals surface area (Å²) in [5, 5.41) is 32.5. The number of aliphatic carboxylic acids is 2. The van der Waals surface area contributed by atoms with E-state index in [0.717, 1.165) is 17.5 Å². The van der Waals surface area contributed by atoms with Crippen LogP contribution in [0, 0.1) is 35.0 Å². The fraction of sp³-hybridized carbons (Fsp3) is 0.659. The number of ether oxygens (including phenoxy) is 8. The maximum absolute atomic E-state index is 14.0. The number of rotatable bonds is 70. The predicted octanol–water partition coefficient (Wildman–Crippen LogP) is 6.56. The zero-order chi connectivity index (χ0) is 85.6. The van der Waals surface area contributed by atoms with Gasteiger partial charge in [-0.2, -0.15) is 0 Å². The second-order valence-corrected chi connectivity index (χ2v) is 30.3. The van der Waals surface area contributed by atoms with Crippen LogP contribution in [0.3, 0.4) is 0 Å². The first kappa shape index (κ1) is 101. The Morgan fingerprint density at radius 3 is 1.52 bits per heavy atom. The smallest absolute Gasteiger partial charge is 0.326 e. The minimum Gasteiger partial charge on any atom is -0.481 e. The molecule has 32 nitrogen and oxygen atoms in total. The van der Waals surface area contributed by atoms with Gasteiger partial charge in [0, 0.05) is 148 Å². The molecule has 32 heteroatoms. The number of nitrogens with zero attached hydrogens (tertiary/aromatic N) is 1. The SMILES string of the molecule is CC(=O)CCCOCCOCC(=O)NCCCC[C@H](CC(=O)C(C)(C)CC(=O)[C@@H](N)Cc1cnc[nH]1)C(=O)C[C@@H](CCCCNC(=O)COCCOCCNC(=O)COCCOCCCC(=O)CC[C@H](NC(=O)C1CC1c1ccccc1)C(=O)O)C(C)=O.CCOCCOCCNC(=O)CC[C@H](CC(=O)C1CC1c1ccccc1)C(=O)O.[HH].[HH]. The number of carbonyl (C=O) groups excluding carboxylic acids is 12. The van der Waals surface area contributed by atoms with Gasteiger partial charge in [-0.05, 0) is 108 Å². The van der Waals surface area contributed by atoms with E-state index in [0.29, 0.717) is 129 Å². The van der Waals surface area contributed by atoms with Crippen LogP contribution in [0.15, 0.2) is 73.2 Å². The number of carbonyl (C=O) groups is 14. The van der Waals surface area contributed by atoms with E-state index in [1.807, 2.05) is 67.6 Å². The number of unbranched alkanes of at least 4 members (excludes halogenated alkanes) is 2. The number of H-pyrrole nitrogens is 1. The average molecular weight is 1650 g/mol. The minimum atomic E-state index is -1.18. The topological polar surface area (TPSA) is 468 Å². The number of nitrogens with one attached hydrogen (secondary N) is 6. The van der Waals surface area contributed by atoms with Crippen LogP contribution in [0.25, 0.3) is 0 Å². The van der Waals surface area contributed by atoms with Crippen LogP contribution in [0.4, 0.5) is 0 Å². The lowest BCUT2D eigenvalue weighted by molar-refractivity contribution is -0.144. The Hall–Kier alpha value is -8.73. The molecule has 2 aliphatic rings. The highest BCUT2D eigenvalue weighted by atomic mass is 16.5. The van der Waals surface area contributed by atoms with Crippen molar-refractivity contribution in [3.05, 3.63) is 90.0 Å². The van der Waals surface area contributed by atoms with Gasteiger partial charge in [0.15, 0.2) is 5.78 Å². The first-order valence-electron chi connectivity index (χ1n) is 41.1. The Balaban J connectivity index is 0.00000129. The van der Waals surface area contributed by atoms with Crippen molar-refractivity contribution < 1.29 is 118 Å². The number of aromatic nitrogens is 2. The van der Waals surface area contributed by atoms with Gasteiger partial charge in [-0.15, -0.1) is 0 Å². The molecule has 0 spiro atoms. The maximum atomic E-state index is 14.0. The van der Waals surface area contributed by atoms with Crippen molar-refractivity contribution in [3.8, 4) is 0 Å². The van der Waals surface area contributed by atoms with Crippen LogP contribution >= 0.6 is 0 Å². The number of aromatic amines is 1. The van der Waals surface area contributed by atoms with E-state index in [2.05, 4.69) is 36.6 Å². The Morgan fingerprint density at radius 2 is 1.01 bits per heavy atom. The predicted molar refractivity (Wildman–Crippen MR) is 434 cm³/mol. The molecule has 2 saturated carbocycles. The largest absolute Gasteiger partial charge is 0.481 e. The number of carboxylic acids is 2. The summed E-state index contributed by atoms with van der Waals surface area (Å²) in [6.45, 7) is 12.9. The van der Waals surface area contributed by atoms with Gasteiger partial charge in [-0.3, -0.25) is 57.5 Å². The van der Waals surface area contributed by atoms with E-state index < -0.39 is 47.2 Å². The minimum absolute atomic E-state index is 0. The Morgan fingerprint density at radius 1 is 0.513 bits per heavy atom. The van der Waals surface area contributed by atoms with Crippen molar-refractivity contribution >= 4 is 82.0 Å². The highest BCUT2D eigenvalue weighted by Gasteiger charge is 2.46. The monoisotopic (exact) mass is 1650 g/mol. The molecular weight excluding hydrogens is 1520 g/mol. The Bertz CT molecular complexity index is 3510. The summed E-state index contributed by atoms with van der Waals surface area (Å²) in [5.74, 6) is -7.06. The van der Waals surface area contributed by atoms with Gasteiger partial charge >= 0.3 is 11.9 Å². The molecule has 4 unspecified atom stereocenters. The van der Waals surface area contributed by atoms with Crippen LogP contribution in [-0.2, 0) is 111 Å². The lowest BCUT2D eigenvalue weighted by Crippen LogP contribution is -2.42. The average Bonchev–Trinajstić information content (AvgIpc) is 1.65. The third-order valence-electron chi connectivity index (χ3n) is 20.0. The first-order chi connectivity index (χ1) is 56.2. The van der Waals surface area contributed by atoms with Crippen molar-refractivity contribution in [3.63, 3.8) is 0 Å². The molecule has 0 radical (unpaired) electrons. The van der Waals surface area contributed by atoms with Crippen molar-refractivity contribution in [2.75, 3.05) is 132 Å². The van der Waals surface area contributed by atoms with Crippen LogP contribution in [0.1, 0.15) is 195 Å². The zero-order valence-corrected chi connectivity index (χ0v) is 69.0.